The van der Waals surface area contributed by atoms with E-state index in [4.69, 9.17) is 5.39 Å². The Morgan fingerprint density at radius 1 is 0.283 bits per heavy atom. The van der Waals surface area contributed by atoms with Crippen molar-refractivity contribution in [2.45, 2.75) is 0 Å². The molecule has 0 aliphatic carbocycles. The van der Waals surface area contributed by atoms with Gasteiger partial charge in [0.1, 0.15) is 52.7 Å². The Morgan fingerprint density at radius 2 is 0.453 bits per heavy atom. The van der Waals surface area contributed by atoms with Gasteiger partial charge in [-0.1, -0.05) is 18.2 Å². The van der Waals surface area contributed by atoms with Crippen LogP contribution in [0.5, 0.6) is 0 Å². The Morgan fingerprint density at radius 3 is 0.604 bits per heavy atom. The molecule has 0 saturated heterocycles. The van der Waals surface area contributed by atoms with Gasteiger partial charge in [-0.05, 0) is 0 Å². The second-order valence-corrected chi connectivity index (χ2v) is 10.2. The Kier molecular flexibility index (Phi) is 10.8. The minimum absolute atomic E-state index is 0.590. The van der Waals surface area contributed by atoms with Crippen LogP contribution < -0.4 is 21.9 Å². The zero-order valence-corrected chi connectivity index (χ0v) is 24.4. The summed E-state index contributed by atoms with van der Waals surface area (Å²) in [6, 6.07) is 8.94. The summed E-state index contributed by atoms with van der Waals surface area (Å²) < 4.78 is 294. The first-order chi connectivity index (χ1) is 24.6. The molecule has 0 radical (unpaired) electrons. The van der Waals surface area contributed by atoms with Crippen LogP contribution in [0.4, 0.5) is 93.5 Å². The van der Waals surface area contributed by atoms with Crippen molar-refractivity contribution in [1.29, 1.82) is 5.39 Å². The Bertz CT molecular complexity index is 1980. The third kappa shape index (κ3) is 5.85. The summed E-state index contributed by atoms with van der Waals surface area (Å²) in [5, 5.41) is 8.16. The van der Waals surface area contributed by atoms with E-state index in [1.165, 1.54) is 0 Å². The third-order valence-corrected chi connectivity index (χ3v) is 7.58. The summed E-state index contributed by atoms with van der Waals surface area (Å²) in [7, 11) is 0. The number of diazo groups is 1. The highest BCUT2D eigenvalue weighted by molar-refractivity contribution is 7.20. The highest BCUT2D eigenvalue weighted by Crippen LogP contribution is 2.30. The lowest BCUT2D eigenvalue weighted by Crippen LogP contribution is -2.81. The predicted molar refractivity (Wildman–Crippen MR) is 140 cm³/mol. The lowest BCUT2D eigenvalue weighted by atomic mass is 9.12. The van der Waals surface area contributed by atoms with Gasteiger partial charge in [-0.2, -0.15) is 0 Å². The SMILES string of the molecule is Fc1c(F)c(F)c([B-](c2c(F)c(F)c(F)c(F)c2F)(c2c(F)c(F)c(F)c(F)c2F)c2c(F)c(F)c(F)c(F)c2F)c(F)c1F.N#[N+]c1ccccc1. The maximum absolute atomic E-state index is 15.4. The zero-order chi connectivity index (χ0) is 40.2. The molecule has 5 aromatic carbocycles. The van der Waals surface area contributed by atoms with Crippen molar-refractivity contribution >= 4 is 33.7 Å². The Hall–Kier alpha value is -5.82. The standard InChI is InChI=1S/C24BF20.C6H5N2/c26-5-1(6(27)14(35)21(42)13(5)34)25(2-7(28)15(36)22(43)16(37)8(2)29,3-9(30)17(38)23(44)18(39)10(3)31)4-11(32)19(40)24(45)20(41)12(4)33;7-8-6-4-2-1-3-5-6/h;1-5H/q-1;+1. The molecule has 0 N–H and O–H groups in total. The van der Waals surface area contributed by atoms with Crippen molar-refractivity contribution in [3.63, 3.8) is 0 Å². The van der Waals surface area contributed by atoms with Crippen LogP contribution in [0.3, 0.4) is 0 Å². The van der Waals surface area contributed by atoms with Gasteiger partial charge in [0.05, 0.1) is 0 Å². The van der Waals surface area contributed by atoms with Crippen LogP contribution in [0.15, 0.2) is 30.3 Å². The van der Waals surface area contributed by atoms with Crippen LogP contribution in [0.2, 0.25) is 0 Å². The average Bonchev–Trinajstić information content (AvgIpc) is 3.15. The van der Waals surface area contributed by atoms with Crippen LogP contribution >= 0.6 is 0 Å². The molecule has 2 nitrogen and oxygen atoms in total. The minimum atomic E-state index is -7.22. The van der Waals surface area contributed by atoms with Crippen molar-refractivity contribution < 1.29 is 87.8 Å². The first-order valence-corrected chi connectivity index (χ1v) is 13.3. The van der Waals surface area contributed by atoms with Gasteiger partial charge in [-0.15, -0.1) is 21.9 Å². The van der Waals surface area contributed by atoms with Gasteiger partial charge in [0.25, 0.3) is 0 Å². The minimum Gasteiger partial charge on any atom is -0.207 e. The average molecular weight is 784 g/mol. The molecule has 0 amide bonds. The number of hydrogen-bond donors (Lipinski definition) is 0. The zero-order valence-electron chi connectivity index (χ0n) is 24.4. The highest BCUT2D eigenvalue weighted by Gasteiger charge is 2.52. The molecule has 0 heterocycles. The van der Waals surface area contributed by atoms with Gasteiger partial charge in [0.2, 0.25) is 5.39 Å². The monoisotopic (exact) mass is 784 g/mol. The number of rotatable bonds is 4. The molecule has 5 rings (SSSR count). The normalized spacial score (nSPS) is 11.4. The molecule has 0 saturated carbocycles. The van der Waals surface area contributed by atoms with Crippen LogP contribution in [-0.4, -0.2) is 6.15 Å². The molecule has 0 aliphatic rings. The molecule has 0 aliphatic heterocycles. The van der Waals surface area contributed by atoms with E-state index in [-0.39, 0.29) is 0 Å². The summed E-state index contributed by atoms with van der Waals surface area (Å²) in [6.07, 6.45) is -7.22. The molecule has 0 unspecified atom stereocenters. The fourth-order valence-electron chi connectivity index (χ4n) is 5.37. The molecule has 0 atom stereocenters. The second-order valence-electron chi connectivity index (χ2n) is 10.2. The van der Waals surface area contributed by atoms with Crippen molar-refractivity contribution in [3.05, 3.63) is 152 Å². The van der Waals surface area contributed by atoms with E-state index in [1.807, 2.05) is 18.2 Å². The quantitative estimate of drug-likeness (QED) is 0.0597. The van der Waals surface area contributed by atoms with Crippen molar-refractivity contribution in [2.75, 3.05) is 0 Å². The summed E-state index contributed by atoms with van der Waals surface area (Å²) >= 11 is 0. The summed E-state index contributed by atoms with van der Waals surface area (Å²) in [5.41, 5.74) is -13.7. The van der Waals surface area contributed by atoms with Crippen LogP contribution in [0.25, 0.3) is 4.98 Å². The molecule has 23 heteroatoms. The molecule has 0 bridgehead atoms. The van der Waals surface area contributed by atoms with E-state index in [9.17, 15) is 52.7 Å². The third-order valence-electron chi connectivity index (χ3n) is 7.58. The largest absolute Gasteiger partial charge is 0.385 e. The maximum atomic E-state index is 15.4. The van der Waals surface area contributed by atoms with Crippen LogP contribution in [-0.2, 0) is 0 Å². The number of halogens is 20. The van der Waals surface area contributed by atoms with Gasteiger partial charge < -0.3 is 0 Å². The summed E-state index contributed by atoms with van der Waals surface area (Å²) in [6.45, 7) is 0. The Labute approximate surface area is 279 Å². The lowest BCUT2D eigenvalue weighted by Gasteiger charge is -2.44. The van der Waals surface area contributed by atoms with Crippen molar-refractivity contribution in [2.24, 2.45) is 0 Å². The van der Waals surface area contributed by atoms with E-state index in [0.717, 1.165) is 0 Å². The molecule has 5 aromatic rings. The van der Waals surface area contributed by atoms with Gasteiger partial charge in [-0.25, -0.2) is 87.8 Å². The van der Waals surface area contributed by atoms with Crippen molar-refractivity contribution in [1.82, 2.24) is 0 Å². The molecule has 278 valence electrons. The molecule has 0 spiro atoms. The van der Waals surface area contributed by atoms with Gasteiger partial charge in [0, 0.05) is 12.1 Å². The number of hydrogen-bond acceptors (Lipinski definition) is 1. The lowest BCUT2D eigenvalue weighted by molar-refractivity contribution is 0.378. The van der Waals surface area contributed by atoms with Gasteiger partial charge in [-0.3, -0.25) is 0 Å². The van der Waals surface area contributed by atoms with Crippen LogP contribution in [0.1, 0.15) is 0 Å². The number of benzene rings is 5. The summed E-state index contributed by atoms with van der Waals surface area (Å²) in [5.74, 6) is -71.4. The molecular formula is C30H5BF20N2. The summed E-state index contributed by atoms with van der Waals surface area (Å²) in [4.78, 5) is 2.97. The van der Waals surface area contributed by atoms with Crippen molar-refractivity contribution in [3.8, 4) is 0 Å². The van der Waals surface area contributed by atoms with E-state index >= 15 is 35.1 Å². The molecule has 0 aromatic heterocycles. The van der Waals surface area contributed by atoms with E-state index in [2.05, 4.69) is 4.98 Å². The smallest absolute Gasteiger partial charge is 0.207 e. The predicted octanol–water partition coefficient (Wildman–Crippen LogP) is 8.02. The maximum Gasteiger partial charge on any atom is 0.385 e. The topological polar surface area (TPSA) is 28.1 Å². The van der Waals surface area contributed by atoms with Crippen LogP contribution in [0, 0.1) is 122 Å². The highest BCUT2D eigenvalue weighted by atomic mass is 19.2. The first-order valence-electron chi connectivity index (χ1n) is 13.3. The van der Waals surface area contributed by atoms with E-state index < -0.39 is 144 Å². The second kappa shape index (κ2) is 14.3. The van der Waals surface area contributed by atoms with Gasteiger partial charge >= 0.3 is 5.69 Å². The van der Waals surface area contributed by atoms with E-state index in [0.29, 0.717) is 5.69 Å². The molecule has 53 heavy (non-hydrogen) atoms. The Balaban J connectivity index is 0.000000692. The fraction of sp³-hybridized carbons (Fsp3) is 0. The van der Waals surface area contributed by atoms with E-state index in [1.54, 1.807) is 12.1 Å². The first kappa shape index (κ1) is 40.0. The fourth-order valence-corrected chi connectivity index (χ4v) is 5.37. The molecule has 0 fully saturated rings. The number of nitrogens with zero attached hydrogens (tertiary/aromatic N) is 2. The molecular weight excluding hydrogens is 779 g/mol. The van der Waals surface area contributed by atoms with Gasteiger partial charge in [0.15, 0.2) is 74.8 Å².